The van der Waals surface area contributed by atoms with E-state index in [9.17, 15) is 4.39 Å². The Bertz CT molecular complexity index is 980. The summed E-state index contributed by atoms with van der Waals surface area (Å²) in [6.45, 7) is 4.75. The standard InChI is InChI=1S/C18H15ClFN5S/c1-11(2)10-25-17(12-5-3-4-6-14(12)20)23-24-18(25)26-16-8-7-13(19)15(9-21)22-16/h3-8,11H,10H2,1-2H3. The van der Waals surface area contributed by atoms with E-state index in [0.717, 1.165) is 0 Å². The third-order valence-electron chi connectivity index (χ3n) is 3.50. The first kappa shape index (κ1) is 18.4. The molecule has 2 aromatic heterocycles. The molecule has 0 saturated carbocycles. The lowest BCUT2D eigenvalue weighted by Gasteiger charge is -2.12. The molecule has 0 bridgehead atoms. The second-order valence-electron chi connectivity index (χ2n) is 5.98. The van der Waals surface area contributed by atoms with E-state index in [1.807, 2.05) is 10.6 Å². The minimum atomic E-state index is -0.349. The molecule has 0 aliphatic heterocycles. The third kappa shape index (κ3) is 3.87. The van der Waals surface area contributed by atoms with Gasteiger partial charge in [0, 0.05) is 6.54 Å². The molecule has 0 amide bonds. The Hall–Kier alpha value is -2.43. The van der Waals surface area contributed by atoms with E-state index >= 15 is 0 Å². The van der Waals surface area contributed by atoms with Crippen molar-refractivity contribution in [2.45, 2.75) is 30.6 Å². The van der Waals surface area contributed by atoms with Gasteiger partial charge in [-0.3, -0.25) is 0 Å². The molecule has 0 spiro atoms. The summed E-state index contributed by atoms with van der Waals surface area (Å²) >= 11 is 7.19. The van der Waals surface area contributed by atoms with Gasteiger partial charge in [-0.1, -0.05) is 37.6 Å². The van der Waals surface area contributed by atoms with Gasteiger partial charge in [0.25, 0.3) is 0 Å². The summed E-state index contributed by atoms with van der Waals surface area (Å²) in [5, 5.41) is 18.9. The van der Waals surface area contributed by atoms with Crippen molar-refractivity contribution in [1.29, 1.82) is 5.26 Å². The first-order chi connectivity index (χ1) is 12.5. The SMILES string of the molecule is CC(C)Cn1c(Sc2ccc(Cl)c(C#N)n2)nnc1-c1ccccc1F. The second-order valence-corrected chi connectivity index (χ2v) is 7.38. The van der Waals surface area contributed by atoms with Crippen molar-refractivity contribution < 1.29 is 4.39 Å². The predicted molar refractivity (Wildman–Crippen MR) is 98.3 cm³/mol. The zero-order chi connectivity index (χ0) is 18.7. The van der Waals surface area contributed by atoms with Gasteiger partial charge in [0.2, 0.25) is 0 Å². The molecule has 0 aliphatic carbocycles. The highest BCUT2D eigenvalue weighted by Crippen LogP contribution is 2.31. The first-order valence-electron chi connectivity index (χ1n) is 7.92. The summed E-state index contributed by atoms with van der Waals surface area (Å²) in [6.07, 6.45) is 0. The van der Waals surface area contributed by atoms with E-state index < -0.39 is 0 Å². The minimum Gasteiger partial charge on any atom is -0.301 e. The molecule has 0 radical (unpaired) electrons. The number of pyridine rings is 1. The summed E-state index contributed by atoms with van der Waals surface area (Å²) in [4.78, 5) is 4.22. The molecule has 2 heterocycles. The molecule has 8 heteroatoms. The van der Waals surface area contributed by atoms with Crippen molar-refractivity contribution >= 4 is 23.4 Å². The highest BCUT2D eigenvalue weighted by atomic mass is 35.5. The number of rotatable bonds is 5. The Balaban J connectivity index is 2.03. The van der Waals surface area contributed by atoms with Gasteiger partial charge in [-0.05, 0) is 41.9 Å². The lowest BCUT2D eigenvalue weighted by molar-refractivity contribution is 0.496. The lowest BCUT2D eigenvalue weighted by Crippen LogP contribution is -2.08. The first-order valence-corrected chi connectivity index (χ1v) is 9.11. The lowest BCUT2D eigenvalue weighted by atomic mass is 10.2. The normalized spacial score (nSPS) is 10.9. The van der Waals surface area contributed by atoms with Crippen LogP contribution in [-0.2, 0) is 6.54 Å². The topological polar surface area (TPSA) is 67.4 Å². The van der Waals surface area contributed by atoms with Crippen molar-refractivity contribution in [2.24, 2.45) is 5.92 Å². The van der Waals surface area contributed by atoms with E-state index in [0.29, 0.717) is 39.1 Å². The highest BCUT2D eigenvalue weighted by molar-refractivity contribution is 7.99. The van der Waals surface area contributed by atoms with Crippen LogP contribution < -0.4 is 0 Å². The number of aromatic nitrogens is 4. The summed E-state index contributed by atoms with van der Waals surface area (Å²) in [6, 6.07) is 11.8. The Morgan fingerprint density at radius 1 is 1.23 bits per heavy atom. The maximum absolute atomic E-state index is 14.2. The van der Waals surface area contributed by atoms with Gasteiger partial charge in [-0.2, -0.15) is 5.26 Å². The van der Waals surface area contributed by atoms with E-state index in [1.54, 1.807) is 30.3 Å². The van der Waals surface area contributed by atoms with Gasteiger partial charge < -0.3 is 4.57 Å². The Kier molecular flexibility index (Phi) is 5.55. The van der Waals surface area contributed by atoms with Crippen LogP contribution in [0.15, 0.2) is 46.6 Å². The summed E-state index contributed by atoms with van der Waals surface area (Å²) < 4.78 is 16.1. The molecule has 0 saturated heterocycles. The molecule has 0 aliphatic rings. The molecule has 5 nitrogen and oxygen atoms in total. The molecule has 3 aromatic rings. The Labute approximate surface area is 159 Å². The van der Waals surface area contributed by atoms with Crippen molar-refractivity contribution in [3.05, 3.63) is 52.9 Å². The maximum Gasteiger partial charge on any atom is 0.197 e. The van der Waals surface area contributed by atoms with Crippen molar-refractivity contribution in [3.8, 4) is 17.5 Å². The van der Waals surface area contributed by atoms with Crippen molar-refractivity contribution in [3.63, 3.8) is 0 Å². The average Bonchev–Trinajstić information content (AvgIpc) is 2.98. The zero-order valence-electron chi connectivity index (χ0n) is 14.1. The van der Waals surface area contributed by atoms with Crippen molar-refractivity contribution in [1.82, 2.24) is 19.7 Å². The van der Waals surface area contributed by atoms with Crippen LogP contribution in [0.25, 0.3) is 11.4 Å². The van der Waals surface area contributed by atoms with Crippen LogP contribution in [0.2, 0.25) is 5.02 Å². The molecule has 0 N–H and O–H groups in total. The van der Waals surface area contributed by atoms with E-state index in [4.69, 9.17) is 16.9 Å². The molecule has 132 valence electrons. The maximum atomic E-state index is 14.2. The molecular formula is C18H15ClFN5S. The van der Waals surface area contributed by atoms with Crippen LogP contribution in [0.3, 0.4) is 0 Å². The minimum absolute atomic E-state index is 0.154. The molecule has 0 unspecified atom stereocenters. The van der Waals surface area contributed by atoms with Crippen LogP contribution in [0, 0.1) is 23.1 Å². The van der Waals surface area contributed by atoms with Gasteiger partial charge in [0.15, 0.2) is 16.7 Å². The fraction of sp³-hybridized carbons (Fsp3) is 0.222. The number of hydrogen-bond acceptors (Lipinski definition) is 5. The van der Waals surface area contributed by atoms with Crippen LogP contribution in [0.1, 0.15) is 19.5 Å². The Morgan fingerprint density at radius 2 is 2.00 bits per heavy atom. The largest absolute Gasteiger partial charge is 0.301 e. The van der Waals surface area contributed by atoms with E-state index in [-0.39, 0.29) is 11.5 Å². The fourth-order valence-electron chi connectivity index (χ4n) is 2.39. The molecule has 3 rings (SSSR count). The third-order valence-corrected chi connectivity index (χ3v) is 4.73. The fourth-order valence-corrected chi connectivity index (χ4v) is 3.35. The van der Waals surface area contributed by atoms with Crippen LogP contribution in [0.4, 0.5) is 4.39 Å². The van der Waals surface area contributed by atoms with Gasteiger partial charge in [0.1, 0.15) is 16.9 Å². The van der Waals surface area contributed by atoms with Gasteiger partial charge in [0.05, 0.1) is 10.6 Å². The van der Waals surface area contributed by atoms with Crippen LogP contribution >= 0.6 is 23.4 Å². The quantitative estimate of drug-likeness (QED) is 0.628. The number of benzene rings is 1. The van der Waals surface area contributed by atoms with Gasteiger partial charge in [-0.25, -0.2) is 9.37 Å². The van der Waals surface area contributed by atoms with Crippen LogP contribution in [-0.4, -0.2) is 19.7 Å². The number of hydrogen-bond donors (Lipinski definition) is 0. The summed E-state index contributed by atoms with van der Waals surface area (Å²) in [7, 11) is 0. The molecule has 0 fully saturated rings. The highest BCUT2D eigenvalue weighted by Gasteiger charge is 2.19. The molecule has 0 atom stereocenters. The van der Waals surface area contributed by atoms with E-state index in [2.05, 4.69) is 29.0 Å². The average molecular weight is 388 g/mol. The van der Waals surface area contributed by atoms with Crippen LogP contribution in [0.5, 0.6) is 0 Å². The van der Waals surface area contributed by atoms with Gasteiger partial charge in [-0.15, -0.1) is 10.2 Å². The monoisotopic (exact) mass is 387 g/mol. The van der Waals surface area contributed by atoms with Crippen molar-refractivity contribution in [2.75, 3.05) is 0 Å². The second kappa shape index (κ2) is 7.85. The number of nitrogens with zero attached hydrogens (tertiary/aromatic N) is 5. The van der Waals surface area contributed by atoms with E-state index in [1.165, 1.54) is 17.8 Å². The number of halogens is 2. The number of nitriles is 1. The van der Waals surface area contributed by atoms with Gasteiger partial charge >= 0.3 is 0 Å². The summed E-state index contributed by atoms with van der Waals surface area (Å²) in [5.41, 5.74) is 0.551. The smallest absolute Gasteiger partial charge is 0.197 e. The predicted octanol–water partition coefficient (Wildman–Crippen LogP) is 4.81. The molecule has 1 aromatic carbocycles. The molecule has 26 heavy (non-hydrogen) atoms. The zero-order valence-corrected chi connectivity index (χ0v) is 15.7. The summed E-state index contributed by atoms with van der Waals surface area (Å²) in [5.74, 6) is 0.426. The Morgan fingerprint density at radius 3 is 2.69 bits per heavy atom. The molecular weight excluding hydrogens is 373 g/mol.